The minimum atomic E-state index is 0.380. The average Bonchev–Trinajstić information content (AvgIpc) is 2.34. The molecule has 0 unspecified atom stereocenters. The third-order valence-electron chi connectivity index (χ3n) is 2.34. The van der Waals surface area contributed by atoms with E-state index in [1.807, 2.05) is 5.01 Å². The highest BCUT2D eigenvalue weighted by Gasteiger charge is 2.14. The smallest absolute Gasteiger partial charge is 0.161 e. The molecular formula is C9H13Cl2N5O. The summed E-state index contributed by atoms with van der Waals surface area (Å²) in [6.07, 6.45) is 0. The van der Waals surface area contributed by atoms with E-state index in [0.717, 1.165) is 13.1 Å². The highest BCUT2D eigenvalue weighted by molar-refractivity contribution is 6.37. The average molecular weight is 278 g/mol. The Morgan fingerprint density at radius 1 is 1.24 bits per heavy atom. The molecule has 1 saturated heterocycles. The lowest BCUT2D eigenvalue weighted by molar-refractivity contribution is 0.0495. The number of ether oxygens (including phenoxy) is 1. The maximum Gasteiger partial charge on any atom is 0.161 e. The number of nitrogens with two attached hydrogens (primary N) is 1. The Kier molecular flexibility index (Phi) is 4.25. The molecule has 0 amide bonds. The maximum absolute atomic E-state index is 6.04. The largest absolute Gasteiger partial charge is 0.379 e. The highest BCUT2D eigenvalue weighted by Crippen LogP contribution is 2.28. The molecule has 1 fully saturated rings. The highest BCUT2D eigenvalue weighted by atomic mass is 35.5. The van der Waals surface area contributed by atoms with Gasteiger partial charge in [-0.05, 0) is 6.07 Å². The van der Waals surface area contributed by atoms with E-state index in [0.29, 0.717) is 34.9 Å². The van der Waals surface area contributed by atoms with Gasteiger partial charge in [0.25, 0.3) is 0 Å². The standard InChI is InChI=1S/C9H13Cl2N5O/c10-6-5-7(11)9(13-8(6)14-12)15-16-1-3-17-4-2-16/h5H,1-4,12H2,(H2,13,14,15). The van der Waals surface area contributed by atoms with Gasteiger partial charge in [-0.2, -0.15) is 0 Å². The van der Waals surface area contributed by atoms with Crippen LogP contribution in [0, 0.1) is 0 Å². The zero-order chi connectivity index (χ0) is 12.3. The zero-order valence-electron chi connectivity index (χ0n) is 9.04. The number of morpholine rings is 1. The maximum atomic E-state index is 6.04. The van der Waals surface area contributed by atoms with Crippen LogP contribution in [0.25, 0.3) is 0 Å². The van der Waals surface area contributed by atoms with Gasteiger partial charge < -0.3 is 15.6 Å². The first-order chi connectivity index (χ1) is 8.20. The molecule has 0 saturated carbocycles. The molecule has 4 N–H and O–H groups in total. The number of hydrogen-bond acceptors (Lipinski definition) is 6. The first kappa shape index (κ1) is 12.7. The zero-order valence-corrected chi connectivity index (χ0v) is 10.6. The second-order valence-electron chi connectivity index (χ2n) is 3.50. The second kappa shape index (κ2) is 5.70. The van der Waals surface area contributed by atoms with Crippen molar-refractivity contribution in [3.05, 3.63) is 16.1 Å². The molecule has 1 aliphatic heterocycles. The summed E-state index contributed by atoms with van der Waals surface area (Å²) < 4.78 is 5.24. The Hall–Kier alpha value is -0.790. The molecule has 2 heterocycles. The topological polar surface area (TPSA) is 75.4 Å². The fourth-order valence-electron chi connectivity index (χ4n) is 1.47. The van der Waals surface area contributed by atoms with Gasteiger partial charge in [-0.15, -0.1) is 0 Å². The van der Waals surface area contributed by atoms with E-state index in [1.165, 1.54) is 0 Å². The molecule has 1 aliphatic rings. The lowest BCUT2D eigenvalue weighted by Gasteiger charge is -2.27. The predicted molar refractivity (Wildman–Crippen MR) is 68.1 cm³/mol. The normalized spacial score (nSPS) is 16.9. The molecule has 0 radical (unpaired) electrons. The molecule has 0 bridgehead atoms. The molecule has 0 aliphatic carbocycles. The SMILES string of the molecule is NNc1nc(NN2CCOCC2)c(Cl)cc1Cl. The van der Waals surface area contributed by atoms with E-state index >= 15 is 0 Å². The molecule has 0 atom stereocenters. The monoisotopic (exact) mass is 277 g/mol. The van der Waals surface area contributed by atoms with Gasteiger partial charge in [0.1, 0.15) is 0 Å². The van der Waals surface area contributed by atoms with Gasteiger partial charge in [0, 0.05) is 13.1 Å². The van der Waals surface area contributed by atoms with Gasteiger partial charge >= 0.3 is 0 Å². The van der Waals surface area contributed by atoms with E-state index in [9.17, 15) is 0 Å². The number of hydrogen-bond donors (Lipinski definition) is 3. The van der Waals surface area contributed by atoms with Crippen LogP contribution in [0.1, 0.15) is 0 Å². The molecule has 2 rings (SSSR count). The summed E-state index contributed by atoms with van der Waals surface area (Å²) in [5.41, 5.74) is 5.52. The van der Waals surface area contributed by atoms with E-state index in [2.05, 4.69) is 15.8 Å². The molecule has 17 heavy (non-hydrogen) atoms. The van der Waals surface area contributed by atoms with Crippen molar-refractivity contribution in [1.29, 1.82) is 0 Å². The van der Waals surface area contributed by atoms with Crippen LogP contribution in [0.5, 0.6) is 0 Å². The third kappa shape index (κ3) is 3.11. The predicted octanol–water partition coefficient (Wildman–Crippen LogP) is 1.33. The summed E-state index contributed by atoms with van der Waals surface area (Å²) in [4.78, 5) is 4.19. The number of nitrogens with zero attached hydrogens (tertiary/aromatic N) is 2. The summed E-state index contributed by atoms with van der Waals surface area (Å²) >= 11 is 11.9. The first-order valence-corrected chi connectivity index (χ1v) is 5.88. The van der Waals surface area contributed by atoms with E-state index in [4.69, 9.17) is 33.8 Å². The third-order valence-corrected chi connectivity index (χ3v) is 2.92. The van der Waals surface area contributed by atoms with Gasteiger partial charge in [-0.25, -0.2) is 15.8 Å². The van der Waals surface area contributed by atoms with Crippen molar-refractivity contribution >= 4 is 34.8 Å². The summed E-state index contributed by atoms with van der Waals surface area (Å²) in [5, 5.41) is 2.80. The Morgan fingerprint density at radius 2 is 1.88 bits per heavy atom. The van der Waals surface area contributed by atoms with Crippen LogP contribution in [-0.4, -0.2) is 36.3 Å². The minimum Gasteiger partial charge on any atom is -0.379 e. The van der Waals surface area contributed by atoms with E-state index < -0.39 is 0 Å². The van der Waals surface area contributed by atoms with Crippen LogP contribution in [0.15, 0.2) is 6.07 Å². The fourth-order valence-corrected chi connectivity index (χ4v) is 1.93. The number of aromatic nitrogens is 1. The number of nitrogens with one attached hydrogen (secondary N) is 2. The number of pyridine rings is 1. The van der Waals surface area contributed by atoms with Crippen molar-refractivity contribution in [2.24, 2.45) is 5.84 Å². The van der Waals surface area contributed by atoms with Crippen molar-refractivity contribution in [3.8, 4) is 0 Å². The summed E-state index contributed by atoms with van der Waals surface area (Å²) in [6, 6.07) is 1.59. The Labute approximate surface area is 109 Å². The Morgan fingerprint density at radius 3 is 2.53 bits per heavy atom. The van der Waals surface area contributed by atoms with Crippen molar-refractivity contribution in [2.75, 3.05) is 37.2 Å². The molecule has 6 nitrogen and oxygen atoms in total. The lowest BCUT2D eigenvalue weighted by atomic mass is 10.4. The van der Waals surface area contributed by atoms with Gasteiger partial charge in [0.05, 0.1) is 23.3 Å². The summed E-state index contributed by atoms with van der Waals surface area (Å²) in [5.74, 6) is 6.20. The van der Waals surface area contributed by atoms with Crippen molar-refractivity contribution in [2.45, 2.75) is 0 Å². The van der Waals surface area contributed by atoms with Crippen LogP contribution in [0.3, 0.4) is 0 Å². The molecule has 94 valence electrons. The van der Waals surface area contributed by atoms with Gasteiger partial charge in [0.15, 0.2) is 11.6 Å². The van der Waals surface area contributed by atoms with Crippen LogP contribution < -0.4 is 16.7 Å². The quantitative estimate of drug-likeness (QED) is 0.572. The lowest BCUT2D eigenvalue weighted by Crippen LogP contribution is -2.40. The van der Waals surface area contributed by atoms with E-state index in [1.54, 1.807) is 6.07 Å². The summed E-state index contributed by atoms with van der Waals surface area (Å²) in [7, 11) is 0. The molecule has 0 spiro atoms. The second-order valence-corrected chi connectivity index (χ2v) is 4.32. The van der Waals surface area contributed by atoms with Crippen molar-refractivity contribution in [1.82, 2.24) is 9.99 Å². The van der Waals surface area contributed by atoms with Gasteiger partial charge in [0.2, 0.25) is 0 Å². The number of rotatable bonds is 3. The fraction of sp³-hybridized carbons (Fsp3) is 0.444. The van der Waals surface area contributed by atoms with Crippen LogP contribution in [0.4, 0.5) is 11.6 Å². The van der Waals surface area contributed by atoms with Crippen molar-refractivity contribution in [3.63, 3.8) is 0 Å². The van der Waals surface area contributed by atoms with E-state index in [-0.39, 0.29) is 0 Å². The number of hydrazine groups is 2. The molecule has 1 aromatic heterocycles. The molecule has 8 heteroatoms. The van der Waals surface area contributed by atoms with Crippen LogP contribution in [0.2, 0.25) is 10.0 Å². The Balaban J connectivity index is 2.13. The molecule has 1 aromatic rings. The number of anilines is 2. The summed E-state index contributed by atoms with van der Waals surface area (Å²) in [6.45, 7) is 2.90. The number of nitrogen functional groups attached to an aromatic ring is 1. The van der Waals surface area contributed by atoms with Crippen LogP contribution >= 0.6 is 23.2 Å². The van der Waals surface area contributed by atoms with Crippen LogP contribution in [-0.2, 0) is 4.74 Å². The van der Waals surface area contributed by atoms with Gasteiger partial charge in [-0.1, -0.05) is 23.2 Å². The molecular weight excluding hydrogens is 265 g/mol. The van der Waals surface area contributed by atoms with Crippen molar-refractivity contribution < 1.29 is 4.74 Å². The molecule has 0 aromatic carbocycles. The first-order valence-electron chi connectivity index (χ1n) is 5.12. The minimum absolute atomic E-state index is 0.380. The number of halogens is 2. The Bertz CT molecular complexity index is 397. The van der Waals surface area contributed by atoms with Gasteiger partial charge in [-0.3, -0.25) is 0 Å².